The average molecular weight is 680 g/mol. The molecule has 0 fully saturated rings. The van der Waals surface area contributed by atoms with E-state index in [1.807, 2.05) is 6.07 Å². The zero-order valence-corrected chi connectivity index (χ0v) is 29.5. The van der Waals surface area contributed by atoms with Crippen LogP contribution in [0.1, 0.15) is 29.5 Å². The van der Waals surface area contributed by atoms with Crippen molar-refractivity contribution in [3.8, 4) is 50.7 Å². The highest BCUT2D eigenvalue weighted by molar-refractivity contribution is 6.09. The normalized spacial score (nSPS) is 12.9. The molecule has 1 atom stereocenters. The highest BCUT2D eigenvalue weighted by Gasteiger charge is 2.33. The third-order valence-electron chi connectivity index (χ3n) is 11.0. The molecule has 3 nitrogen and oxygen atoms in total. The lowest BCUT2D eigenvalue weighted by atomic mass is 9.80. The van der Waals surface area contributed by atoms with E-state index in [0.29, 0.717) is 5.92 Å². The minimum atomic E-state index is 0.289. The Morgan fingerprint density at radius 2 is 1.04 bits per heavy atom. The van der Waals surface area contributed by atoms with Crippen molar-refractivity contribution < 1.29 is 0 Å². The summed E-state index contributed by atoms with van der Waals surface area (Å²) in [5, 5.41) is 2.48. The van der Waals surface area contributed by atoms with Gasteiger partial charge in [-0.25, -0.2) is 9.97 Å². The Morgan fingerprint density at radius 3 is 1.68 bits per heavy atom. The average Bonchev–Trinajstić information content (AvgIpc) is 3.74. The van der Waals surface area contributed by atoms with Crippen LogP contribution in [0.5, 0.6) is 0 Å². The molecular formula is C50H37N3. The highest BCUT2D eigenvalue weighted by Crippen LogP contribution is 2.49. The summed E-state index contributed by atoms with van der Waals surface area (Å²) >= 11 is 0. The van der Waals surface area contributed by atoms with Gasteiger partial charge in [0, 0.05) is 33.4 Å². The Hall–Kier alpha value is -6.58. The molecule has 2 heterocycles. The maximum absolute atomic E-state index is 5.44. The van der Waals surface area contributed by atoms with E-state index in [1.54, 1.807) is 0 Å². The van der Waals surface area contributed by atoms with E-state index in [0.717, 1.165) is 46.0 Å². The van der Waals surface area contributed by atoms with Crippen molar-refractivity contribution in [2.45, 2.75) is 19.3 Å². The SMILES string of the molecule is CC(Cc1cccc(-n2c3ccccc3c3ccccc32)c1-c1cc(-c2ccccc2)nc(-c2ccccc2)n1)C1c2ccccc2-c2ccccc21. The Bertz CT molecular complexity index is 2620. The molecule has 1 unspecified atom stereocenters. The maximum atomic E-state index is 5.44. The summed E-state index contributed by atoms with van der Waals surface area (Å²) in [7, 11) is 0. The van der Waals surface area contributed by atoms with Crippen molar-refractivity contribution in [1.29, 1.82) is 0 Å². The lowest BCUT2D eigenvalue weighted by Crippen LogP contribution is -2.13. The van der Waals surface area contributed by atoms with Crippen molar-refractivity contribution in [2.24, 2.45) is 5.92 Å². The van der Waals surface area contributed by atoms with Gasteiger partial charge >= 0.3 is 0 Å². The third kappa shape index (κ3) is 5.27. The maximum Gasteiger partial charge on any atom is 0.160 e. The molecule has 0 bridgehead atoms. The summed E-state index contributed by atoms with van der Waals surface area (Å²) < 4.78 is 2.45. The number of rotatable bonds is 7. The molecule has 1 aliphatic rings. The monoisotopic (exact) mass is 679 g/mol. The predicted molar refractivity (Wildman–Crippen MR) is 219 cm³/mol. The van der Waals surface area contributed by atoms with Crippen LogP contribution in [0.15, 0.2) is 182 Å². The summed E-state index contributed by atoms with van der Waals surface area (Å²) in [4.78, 5) is 10.6. The summed E-state index contributed by atoms with van der Waals surface area (Å²) in [6.07, 6.45) is 0.874. The molecule has 3 heteroatoms. The Kier molecular flexibility index (Phi) is 7.58. The van der Waals surface area contributed by atoms with Gasteiger partial charge in [0.2, 0.25) is 0 Å². The molecule has 0 amide bonds. The summed E-state index contributed by atoms with van der Waals surface area (Å²) in [5.74, 6) is 1.32. The molecule has 0 N–H and O–H groups in total. The van der Waals surface area contributed by atoms with Gasteiger partial charge in [-0.15, -0.1) is 0 Å². The molecule has 9 aromatic rings. The zero-order valence-electron chi connectivity index (χ0n) is 29.5. The quantitative estimate of drug-likeness (QED) is 0.168. The van der Waals surface area contributed by atoms with Gasteiger partial charge < -0.3 is 4.57 Å². The lowest BCUT2D eigenvalue weighted by molar-refractivity contribution is 0.517. The van der Waals surface area contributed by atoms with Crippen LogP contribution in [-0.4, -0.2) is 14.5 Å². The van der Waals surface area contributed by atoms with Crippen molar-refractivity contribution in [2.75, 3.05) is 0 Å². The molecule has 0 spiro atoms. The molecule has 10 rings (SSSR count). The molecule has 0 aliphatic heterocycles. The number of aromatic nitrogens is 3. The van der Waals surface area contributed by atoms with Crippen molar-refractivity contribution in [3.05, 3.63) is 199 Å². The van der Waals surface area contributed by atoms with Crippen LogP contribution in [0, 0.1) is 5.92 Å². The van der Waals surface area contributed by atoms with Gasteiger partial charge in [0.05, 0.1) is 28.1 Å². The molecule has 53 heavy (non-hydrogen) atoms. The number of hydrogen-bond acceptors (Lipinski definition) is 2. The topological polar surface area (TPSA) is 30.7 Å². The van der Waals surface area contributed by atoms with Gasteiger partial charge in [0.1, 0.15) is 0 Å². The Morgan fingerprint density at radius 1 is 0.509 bits per heavy atom. The van der Waals surface area contributed by atoms with E-state index in [9.17, 15) is 0 Å². The van der Waals surface area contributed by atoms with Crippen LogP contribution < -0.4 is 0 Å². The second kappa shape index (κ2) is 12.9. The molecule has 2 aromatic heterocycles. The first-order valence-electron chi connectivity index (χ1n) is 18.5. The number of hydrogen-bond donors (Lipinski definition) is 0. The van der Waals surface area contributed by atoms with Crippen molar-refractivity contribution in [1.82, 2.24) is 14.5 Å². The van der Waals surface area contributed by atoms with Gasteiger partial charge in [0.25, 0.3) is 0 Å². The molecular weight excluding hydrogens is 643 g/mol. The second-order valence-electron chi connectivity index (χ2n) is 14.2. The summed E-state index contributed by atoms with van der Waals surface area (Å²) in [6, 6.07) is 65.3. The standard InChI is InChI=1S/C50H37N3/c1-33(48-41-26-10-8-22-37(41)38-23-9-11-27-42(38)48)31-36-21-16-30-47(53-45-28-14-12-24-39(45)40-25-13-15-29-46(40)53)49(36)44-32-43(34-17-4-2-5-18-34)51-50(52-44)35-19-6-3-7-20-35/h2-30,32-33,48H,31H2,1H3. The Labute approximate surface area is 309 Å². The fourth-order valence-electron chi connectivity index (χ4n) is 8.74. The Balaban J connectivity index is 1.23. The van der Waals surface area contributed by atoms with Crippen LogP contribution >= 0.6 is 0 Å². The molecule has 1 aliphatic carbocycles. The third-order valence-corrected chi connectivity index (χ3v) is 11.0. The van der Waals surface area contributed by atoms with Crippen LogP contribution in [0.2, 0.25) is 0 Å². The summed E-state index contributed by atoms with van der Waals surface area (Å²) in [6.45, 7) is 2.42. The predicted octanol–water partition coefficient (Wildman–Crippen LogP) is 12.6. The van der Waals surface area contributed by atoms with Crippen LogP contribution in [0.4, 0.5) is 0 Å². The lowest BCUT2D eigenvalue weighted by Gasteiger charge is -2.25. The van der Waals surface area contributed by atoms with Gasteiger partial charge in [-0.2, -0.15) is 0 Å². The largest absolute Gasteiger partial charge is 0.309 e. The minimum Gasteiger partial charge on any atom is -0.309 e. The fraction of sp³-hybridized carbons (Fsp3) is 0.0800. The van der Waals surface area contributed by atoms with Gasteiger partial charge in [-0.1, -0.05) is 165 Å². The molecule has 0 saturated heterocycles. The molecule has 7 aromatic carbocycles. The van der Waals surface area contributed by atoms with E-state index in [1.165, 1.54) is 49.6 Å². The van der Waals surface area contributed by atoms with Gasteiger partial charge in [-0.3, -0.25) is 0 Å². The fourth-order valence-corrected chi connectivity index (χ4v) is 8.74. The highest BCUT2D eigenvalue weighted by atomic mass is 15.0. The van der Waals surface area contributed by atoms with E-state index < -0.39 is 0 Å². The van der Waals surface area contributed by atoms with E-state index in [2.05, 4.69) is 187 Å². The van der Waals surface area contributed by atoms with E-state index in [4.69, 9.17) is 9.97 Å². The minimum absolute atomic E-state index is 0.289. The van der Waals surface area contributed by atoms with Gasteiger partial charge in [-0.05, 0) is 64.4 Å². The first-order valence-corrected chi connectivity index (χ1v) is 18.5. The first-order chi connectivity index (χ1) is 26.2. The second-order valence-corrected chi connectivity index (χ2v) is 14.2. The van der Waals surface area contributed by atoms with E-state index in [-0.39, 0.29) is 5.92 Å². The zero-order chi connectivity index (χ0) is 35.3. The summed E-state index contributed by atoms with van der Waals surface area (Å²) in [5.41, 5.74) is 15.3. The van der Waals surface area contributed by atoms with Gasteiger partial charge in [0.15, 0.2) is 5.82 Å². The number of para-hydroxylation sites is 2. The molecule has 0 saturated carbocycles. The smallest absolute Gasteiger partial charge is 0.160 e. The number of fused-ring (bicyclic) bond motifs is 6. The van der Waals surface area contributed by atoms with Crippen molar-refractivity contribution >= 4 is 21.8 Å². The number of nitrogens with zero attached hydrogens (tertiary/aromatic N) is 3. The first kappa shape index (κ1) is 31.2. The molecule has 252 valence electrons. The van der Waals surface area contributed by atoms with Crippen LogP contribution in [-0.2, 0) is 6.42 Å². The van der Waals surface area contributed by atoms with Crippen molar-refractivity contribution in [3.63, 3.8) is 0 Å². The van der Waals surface area contributed by atoms with Crippen LogP contribution in [0.25, 0.3) is 72.5 Å². The molecule has 0 radical (unpaired) electrons. The van der Waals surface area contributed by atoms with Crippen LogP contribution in [0.3, 0.4) is 0 Å². The number of benzene rings is 7. The van der Waals surface area contributed by atoms with E-state index >= 15 is 0 Å².